The maximum atomic E-state index is 12.2. The molecule has 1 aliphatic heterocycles. The summed E-state index contributed by atoms with van der Waals surface area (Å²) in [5.74, 6) is -0.912. The number of carbonyl (C=O) groups is 2. The molecule has 1 aromatic heterocycles. The van der Waals surface area contributed by atoms with Gasteiger partial charge in [-0.15, -0.1) is 11.3 Å². The number of unbranched alkanes of at least 4 members (excludes halogenated alkanes) is 1. The standard InChI is InChI=1S/C17H20N2O3S/c20-16(19-11-5-7-13(19)17(21)22)10-4-3-9-15-18-12-6-1-2-8-14(12)23-15/h1-2,6,8,13H,3-5,7,9-11H2,(H,21,22). The molecule has 23 heavy (non-hydrogen) atoms. The van der Waals surface area contributed by atoms with Crippen molar-refractivity contribution in [2.45, 2.75) is 44.6 Å². The number of fused-ring (bicyclic) bond motifs is 1. The van der Waals surface area contributed by atoms with Gasteiger partial charge in [0.1, 0.15) is 6.04 Å². The molecule has 1 atom stereocenters. The predicted octanol–water partition coefficient (Wildman–Crippen LogP) is 3.08. The highest BCUT2D eigenvalue weighted by Gasteiger charge is 2.33. The zero-order valence-corrected chi connectivity index (χ0v) is 13.7. The van der Waals surface area contributed by atoms with Crippen LogP contribution in [0, 0.1) is 0 Å². The topological polar surface area (TPSA) is 70.5 Å². The summed E-state index contributed by atoms with van der Waals surface area (Å²) < 4.78 is 1.19. The number of carboxylic acid groups (broad SMARTS) is 1. The second-order valence-corrected chi connectivity index (χ2v) is 6.98. The number of carbonyl (C=O) groups excluding carboxylic acids is 1. The lowest BCUT2D eigenvalue weighted by atomic mass is 10.1. The maximum absolute atomic E-state index is 12.2. The smallest absolute Gasteiger partial charge is 0.326 e. The summed E-state index contributed by atoms with van der Waals surface area (Å²) in [7, 11) is 0. The van der Waals surface area contributed by atoms with Gasteiger partial charge in [0, 0.05) is 13.0 Å². The Morgan fingerprint density at radius 1 is 1.30 bits per heavy atom. The predicted molar refractivity (Wildman–Crippen MR) is 89.5 cm³/mol. The SMILES string of the molecule is O=C(O)C1CCCN1C(=O)CCCCc1nc2ccccc2s1. The van der Waals surface area contributed by atoms with Crippen LogP contribution in [-0.2, 0) is 16.0 Å². The summed E-state index contributed by atoms with van der Waals surface area (Å²) in [5.41, 5.74) is 1.03. The van der Waals surface area contributed by atoms with Gasteiger partial charge in [0.15, 0.2) is 0 Å². The molecule has 122 valence electrons. The van der Waals surface area contributed by atoms with Crippen molar-refractivity contribution in [3.05, 3.63) is 29.3 Å². The van der Waals surface area contributed by atoms with Gasteiger partial charge in [0.25, 0.3) is 0 Å². The molecule has 6 heteroatoms. The molecule has 0 radical (unpaired) electrons. The van der Waals surface area contributed by atoms with Crippen molar-refractivity contribution in [1.82, 2.24) is 9.88 Å². The van der Waals surface area contributed by atoms with Crippen molar-refractivity contribution < 1.29 is 14.7 Å². The van der Waals surface area contributed by atoms with Crippen LogP contribution in [0.25, 0.3) is 10.2 Å². The molecule has 1 N–H and O–H groups in total. The number of para-hydroxylation sites is 1. The van der Waals surface area contributed by atoms with E-state index in [1.165, 1.54) is 9.60 Å². The molecule has 3 rings (SSSR count). The molecule has 0 aliphatic carbocycles. The molecule has 0 spiro atoms. The second kappa shape index (κ2) is 7.08. The lowest BCUT2D eigenvalue weighted by Gasteiger charge is -2.21. The fourth-order valence-electron chi connectivity index (χ4n) is 3.04. The van der Waals surface area contributed by atoms with Gasteiger partial charge < -0.3 is 10.0 Å². The first-order valence-electron chi connectivity index (χ1n) is 8.02. The van der Waals surface area contributed by atoms with E-state index in [0.717, 1.165) is 36.2 Å². The molecule has 2 aromatic rings. The van der Waals surface area contributed by atoms with E-state index in [9.17, 15) is 9.59 Å². The van der Waals surface area contributed by atoms with Crippen molar-refractivity contribution in [1.29, 1.82) is 0 Å². The van der Waals surface area contributed by atoms with Gasteiger partial charge in [-0.2, -0.15) is 0 Å². The van der Waals surface area contributed by atoms with Crippen molar-refractivity contribution in [2.75, 3.05) is 6.54 Å². The second-order valence-electron chi connectivity index (χ2n) is 5.87. The van der Waals surface area contributed by atoms with E-state index in [0.29, 0.717) is 19.4 Å². The zero-order valence-electron chi connectivity index (χ0n) is 12.9. The first-order chi connectivity index (χ1) is 11.1. The number of nitrogens with zero attached hydrogens (tertiary/aromatic N) is 2. The molecule has 1 unspecified atom stereocenters. The normalized spacial score (nSPS) is 17.7. The Labute approximate surface area is 138 Å². The number of benzene rings is 1. The number of aliphatic carboxylic acids is 1. The highest BCUT2D eigenvalue weighted by Crippen LogP contribution is 2.23. The fraction of sp³-hybridized carbons (Fsp3) is 0.471. The van der Waals surface area contributed by atoms with Crippen molar-refractivity contribution in [3.8, 4) is 0 Å². The molecule has 0 saturated carbocycles. The summed E-state index contributed by atoms with van der Waals surface area (Å²) in [5, 5.41) is 10.2. The molecule has 5 nitrogen and oxygen atoms in total. The molecule has 1 saturated heterocycles. The highest BCUT2D eigenvalue weighted by molar-refractivity contribution is 7.18. The number of aromatic nitrogens is 1. The summed E-state index contributed by atoms with van der Waals surface area (Å²) in [4.78, 5) is 29.4. The zero-order chi connectivity index (χ0) is 16.2. The lowest BCUT2D eigenvalue weighted by Crippen LogP contribution is -2.40. The number of hydrogen-bond donors (Lipinski definition) is 1. The molecular formula is C17H20N2O3S. The fourth-order valence-corrected chi connectivity index (χ4v) is 4.05. The Balaban J connectivity index is 1.46. The van der Waals surface area contributed by atoms with E-state index >= 15 is 0 Å². The van der Waals surface area contributed by atoms with Crippen LogP contribution >= 0.6 is 11.3 Å². The highest BCUT2D eigenvalue weighted by atomic mass is 32.1. The van der Waals surface area contributed by atoms with Gasteiger partial charge in [0.2, 0.25) is 5.91 Å². The van der Waals surface area contributed by atoms with E-state index in [4.69, 9.17) is 5.11 Å². The number of aryl methyl sites for hydroxylation is 1. The molecule has 1 amide bonds. The van der Waals surface area contributed by atoms with Crippen molar-refractivity contribution in [3.63, 3.8) is 0 Å². The molecule has 1 fully saturated rings. The van der Waals surface area contributed by atoms with Crippen LogP contribution in [0.2, 0.25) is 0 Å². The van der Waals surface area contributed by atoms with Gasteiger partial charge >= 0.3 is 5.97 Å². The van der Waals surface area contributed by atoms with E-state index in [2.05, 4.69) is 11.1 Å². The van der Waals surface area contributed by atoms with Gasteiger partial charge in [-0.3, -0.25) is 4.79 Å². The van der Waals surface area contributed by atoms with Gasteiger partial charge in [-0.1, -0.05) is 12.1 Å². The monoisotopic (exact) mass is 332 g/mol. The van der Waals surface area contributed by atoms with Crippen LogP contribution < -0.4 is 0 Å². The molecule has 1 aliphatic rings. The first kappa shape index (κ1) is 15.9. The minimum Gasteiger partial charge on any atom is -0.480 e. The van der Waals surface area contributed by atoms with Gasteiger partial charge in [-0.25, -0.2) is 9.78 Å². The van der Waals surface area contributed by atoms with Crippen LogP contribution in [0.3, 0.4) is 0 Å². The minimum absolute atomic E-state index is 0.0285. The Bertz CT molecular complexity index is 680. The number of carboxylic acids is 1. The quantitative estimate of drug-likeness (QED) is 0.825. The van der Waals surface area contributed by atoms with Gasteiger partial charge in [0.05, 0.1) is 15.2 Å². The summed E-state index contributed by atoms with van der Waals surface area (Å²) >= 11 is 1.70. The summed E-state index contributed by atoms with van der Waals surface area (Å²) in [6.45, 7) is 0.577. The maximum Gasteiger partial charge on any atom is 0.326 e. The Morgan fingerprint density at radius 2 is 2.13 bits per heavy atom. The van der Waals surface area contributed by atoms with Crippen molar-refractivity contribution >= 4 is 33.4 Å². The third-order valence-corrected chi connectivity index (χ3v) is 5.32. The average molecular weight is 332 g/mol. The number of hydrogen-bond acceptors (Lipinski definition) is 4. The van der Waals surface area contributed by atoms with E-state index in [1.807, 2.05) is 18.2 Å². The largest absolute Gasteiger partial charge is 0.480 e. The lowest BCUT2D eigenvalue weighted by molar-refractivity contribution is -0.148. The van der Waals surface area contributed by atoms with Crippen LogP contribution in [0.15, 0.2) is 24.3 Å². The summed E-state index contributed by atoms with van der Waals surface area (Å²) in [6, 6.07) is 7.46. The number of thiazole rings is 1. The van der Waals surface area contributed by atoms with Crippen molar-refractivity contribution in [2.24, 2.45) is 0 Å². The first-order valence-corrected chi connectivity index (χ1v) is 8.83. The Hall–Kier alpha value is -1.95. The van der Waals surface area contributed by atoms with E-state index < -0.39 is 12.0 Å². The molecule has 2 heterocycles. The number of rotatable bonds is 6. The average Bonchev–Trinajstić information content (AvgIpc) is 3.17. The third kappa shape index (κ3) is 3.69. The number of amides is 1. The number of likely N-dealkylation sites (tertiary alicyclic amines) is 1. The van der Waals surface area contributed by atoms with Crippen LogP contribution in [0.1, 0.15) is 37.1 Å². The Kier molecular flexibility index (Phi) is 4.91. The third-order valence-electron chi connectivity index (χ3n) is 4.23. The van der Waals surface area contributed by atoms with Gasteiger partial charge in [-0.05, 0) is 44.2 Å². The summed E-state index contributed by atoms with van der Waals surface area (Å²) in [6.07, 6.45) is 4.33. The minimum atomic E-state index is -0.884. The molecule has 0 bridgehead atoms. The van der Waals surface area contributed by atoms with E-state index in [-0.39, 0.29) is 5.91 Å². The van der Waals surface area contributed by atoms with Crippen LogP contribution in [-0.4, -0.2) is 39.5 Å². The molecule has 1 aromatic carbocycles. The van der Waals surface area contributed by atoms with Crippen LogP contribution in [0.4, 0.5) is 0 Å². The molecular weight excluding hydrogens is 312 g/mol. The Morgan fingerprint density at radius 3 is 2.91 bits per heavy atom. The van der Waals surface area contributed by atoms with Crippen LogP contribution in [0.5, 0.6) is 0 Å². The van der Waals surface area contributed by atoms with E-state index in [1.54, 1.807) is 11.3 Å².